The second-order valence-corrected chi connectivity index (χ2v) is 13.2. The third-order valence-corrected chi connectivity index (χ3v) is 10.3. The maximum absolute atomic E-state index is 9.61. The summed E-state index contributed by atoms with van der Waals surface area (Å²) in [6.07, 6.45) is 0. The molecule has 220 valence electrons. The lowest BCUT2D eigenvalue weighted by Gasteiger charge is -2.23. The molecule has 0 unspecified atom stereocenters. The molecule has 0 bridgehead atoms. The number of nitriles is 1. The molecule has 0 aromatic heterocycles. The maximum Gasteiger partial charge on any atom is 0.0991 e. The molecule has 0 radical (unpaired) electrons. The molecule has 1 aliphatic carbocycles. The standard InChI is InChI=1S/C46H31N/c1-46(2)42-24-29(28-47)16-22-36(42)37-23-21-35(27-43(37)46)45-40-14-8-6-12-38(40)44(39-13-7-9-15-41(39)45)34-20-19-32-25-31(17-18-33(32)26-34)30-10-4-3-5-11-30/h3-27H,1-2H3. The van der Waals surface area contributed by atoms with Crippen molar-refractivity contribution in [3.63, 3.8) is 0 Å². The van der Waals surface area contributed by atoms with E-state index in [-0.39, 0.29) is 5.41 Å². The van der Waals surface area contributed by atoms with Crippen LogP contribution in [0.5, 0.6) is 0 Å². The van der Waals surface area contributed by atoms with E-state index in [4.69, 9.17) is 0 Å². The van der Waals surface area contributed by atoms with Crippen LogP contribution in [0.25, 0.3) is 76.8 Å². The van der Waals surface area contributed by atoms with E-state index in [0.29, 0.717) is 5.56 Å². The minimum atomic E-state index is -0.204. The van der Waals surface area contributed by atoms with Crippen LogP contribution in [0.2, 0.25) is 0 Å². The van der Waals surface area contributed by atoms with Gasteiger partial charge in [0.25, 0.3) is 0 Å². The van der Waals surface area contributed by atoms with Crippen LogP contribution < -0.4 is 0 Å². The number of hydrogen-bond donors (Lipinski definition) is 0. The first-order valence-corrected chi connectivity index (χ1v) is 16.2. The summed E-state index contributed by atoms with van der Waals surface area (Å²) in [6, 6.07) is 57.5. The molecular formula is C46H31N. The van der Waals surface area contributed by atoms with Gasteiger partial charge in [0.2, 0.25) is 0 Å². The van der Waals surface area contributed by atoms with E-state index in [9.17, 15) is 5.26 Å². The number of fused-ring (bicyclic) bond motifs is 6. The number of hydrogen-bond acceptors (Lipinski definition) is 1. The summed E-state index contributed by atoms with van der Waals surface area (Å²) in [5, 5.41) is 17.1. The molecule has 8 aromatic rings. The third kappa shape index (κ3) is 4.16. The monoisotopic (exact) mass is 597 g/mol. The molecule has 0 saturated carbocycles. The molecule has 0 atom stereocenters. The van der Waals surface area contributed by atoms with Crippen LogP contribution in [0.1, 0.15) is 30.5 Å². The molecule has 47 heavy (non-hydrogen) atoms. The Balaban J connectivity index is 1.25. The van der Waals surface area contributed by atoms with Crippen molar-refractivity contribution in [3.05, 3.63) is 168 Å². The molecule has 0 heterocycles. The Morgan fingerprint density at radius 3 is 1.49 bits per heavy atom. The van der Waals surface area contributed by atoms with Gasteiger partial charge in [0.15, 0.2) is 0 Å². The lowest BCUT2D eigenvalue weighted by Crippen LogP contribution is -2.15. The zero-order chi connectivity index (χ0) is 31.7. The summed E-state index contributed by atoms with van der Waals surface area (Å²) >= 11 is 0. The fourth-order valence-electron chi connectivity index (χ4n) is 7.92. The molecule has 0 N–H and O–H groups in total. The van der Waals surface area contributed by atoms with E-state index in [1.165, 1.54) is 88.0 Å². The zero-order valence-corrected chi connectivity index (χ0v) is 26.4. The predicted octanol–water partition coefficient (Wildman–Crippen LogP) is 12.3. The SMILES string of the molecule is CC1(C)c2cc(C#N)ccc2-c2ccc(-c3c4ccccc4c(-c4ccc5cc(-c6ccccc6)ccc5c4)c4ccccc34)cc21. The Morgan fingerprint density at radius 2 is 0.894 bits per heavy atom. The van der Waals surface area contributed by atoms with Crippen molar-refractivity contribution in [2.24, 2.45) is 0 Å². The Kier molecular flexibility index (Phi) is 5.98. The van der Waals surface area contributed by atoms with Crippen LogP contribution in [-0.2, 0) is 5.41 Å². The van der Waals surface area contributed by atoms with Crippen molar-refractivity contribution in [1.82, 2.24) is 0 Å². The van der Waals surface area contributed by atoms with Gasteiger partial charge in [-0.2, -0.15) is 5.26 Å². The average molecular weight is 598 g/mol. The fraction of sp³-hybridized carbons (Fsp3) is 0.0652. The van der Waals surface area contributed by atoms with Gasteiger partial charge in [0.1, 0.15) is 0 Å². The van der Waals surface area contributed by atoms with Crippen LogP contribution >= 0.6 is 0 Å². The molecule has 1 aliphatic rings. The van der Waals surface area contributed by atoms with Crippen molar-refractivity contribution in [2.45, 2.75) is 19.3 Å². The highest BCUT2D eigenvalue weighted by Gasteiger charge is 2.36. The highest BCUT2D eigenvalue weighted by molar-refractivity contribution is 6.21. The molecule has 0 aliphatic heterocycles. The fourth-order valence-corrected chi connectivity index (χ4v) is 7.92. The molecule has 0 amide bonds. The predicted molar refractivity (Wildman–Crippen MR) is 198 cm³/mol. The van der Waals surface area contributed by atoms with Crippen molar-refractivity contribution >= 4 is 32.3 Å². The van der Waals surface area contributed by atoms with Crippen LogP contribution in [-0.4, -0.2) is 0 Å². The lowest BCUT2D eigenvalue weighted by atomic mass is 9.80. The van der Waals surface area contributed by atoms with Gasteiger partial charge < -0.3 is 0 Å². The lowest BCUT2D eigenvalue weighted by molar-refractivity contribution is 0.660. The number of benzene rings is 8. The molecule has 0 spiro atoms. The number of nitrogens with zero attached hydrogens (tertiary/aromatic N) is 1. The van der Waals surface area contributed by atoms with Gasteiger partial charge in [-0.1, -0.05) is 135 Å². The Bertz CT molecular complexity index is 2540. The number of rotatable bonds is 3. The Morgan fingerprint density at radius 1 is 0.426 bits per heavy atom. The van der Waals surface area contributed by atoms with Gasteiger partial charge in [-0.25, -0.2) is 0 Å². The van der Waals surface area contributed by atoms with E-state index in [0.717, 1.165) is 0 Å². The van der Waals surface area contributed by atoms with E-state index in [2.05, 4.69) is 166 Å². The van der Waals surface area contributed by atoms with Gasteiger partial charge in [0, 0.05) is 5.41 Å². The van der Waals surface area contributed by atoms with Gasteiger partial charge >= 0.3 is 0 Å². The van der Waals surface area contributed by atoms with Crippen LogP contribution in [0, 0.1) is 11.3 Å². The summed E-state index contributed by atoms with van der Waals surface area (Å²) < 4.78 is 0. The smallest absolute Gasteiger partial charge is 0.0991 e. The van der Waals surface area contributed by atoms with Gasteiger partial charge in [-0.15, -0.1) is 0 Å². The molecule has 1 nitrogen and oxygen atoms in total. The van der Waals surface area contributed by atoms with Crippen molar-refractivity contribution in [2.75, 3.05) is 0 Å². The third-order valence-electron chi connectivity index (χ3n) is 10.3. The minimum Gasteiger partial charge on any atom is -0.192 e. The maximum atomic E-state index is 9.61. The Hall–Kier alpha value is -5.97. The van der Waals surface area contributed by atoms with Crippen molar-refractivity contribution in [3.8, 4) is 50.6 Å². The topological polar surface area (TPSA) is 23.8 Å². The van der Waals surface area contributed by atoms with Crippen LogP contribution in [0.15, 0.2) is 152 Å². The van der Waals surface area contributed by atoms with Gasteiger partial charge in [-0.05, 0) is 118 Å². The van der Waals surface area contributed by atoms with Crippen LogP contribution in [0.4, 0.5) is 0 Å². The quantitative estimate of drug-likeness (QED) is 0.186. The first kappa shape index (κ1) is 27.3. The summed E-state index contributed by atoms with van der Waals surface area (Å²) in [5.74, 6) is 0. The normalized spacial score (nSPS) is 13.0. The molecule has 1 heteroatoms. The average Bonchev–Trinajstić information content (AvgIpc) is 3.35. The summed E-state index contributed by atoms with van der Waals surface area (Å²) in [7, 11) is 0. The molecule has 0 saturated heterocycles. The molecule has 9 rings (SSSR count). The molecular weight excluding hydrogens is 567 g/mol. The van der Waals surface area contributed by atoms with Crippen LogP contribution in [0.3, 0.4) is 0 Å². The summed E-state index contributed by atoms with van der Waals surface area (Å²) in [6.45, 7) is 4.56. The second kappa shape index (κ2) is 10.3. The van der Waals surface area contributed by atoms with Gasteiger partial charge in [0.05, 0.1) is 11.6 Å². The first-order valence-electron chi connectivity index (χ1n) is 16.2. The minimum absolute atomic E-state index is 0.204. The van der Waals surface area contributed by atoms with Gasteiger partial charge in [-0.3, -0.25) is 0 Å². The Labute approximate surface area is 275 Å². The van der Waals surface area contributed by atoms with Crippen molar-refractivity contribution in [1.29, 1.82) is 5.26 Å². The summed E-state index contributed by atoms with van der Waals surface area (Å²) in [4.78, 5) is 0. The summed E-state index contributed by atoms with van der Waals surface area (Å²) in [5.41, 5.74) is 13.0. The molecule has 8 aromatic carbocycles. The van der Waals surface area contributed by atoms with E-state index in [1.807, 2.05) is 6.07 Å². The first-order chi connectivity index (χ1) is 23.0. The van der Waals surface area contributed by atoms with Crippen molar-refractivity contribution < 1.29 is 0 Å². The van der Waals surface area contributed by atoms with E-state index in [1.54, 1.807) is 0 Å². The zero-order valence-electron chi connectivity index (χ0n) is 26.4. The molecule has 0 fully saturated rings. The highest BCUT2D eigenvalue weighted by Crippen LogP contribution is 2.51. The largest absolute Gasteiger partial charge is 0.192 e. The van der Waals surface area contributed by atoms with E-state index >= 15 is 0 Å². The second-order valence-electron chi connectivity index (χ2n) is 13.2. The van der Waals surface area contributed by atoms with E-state index < -0.39 is 0 Å². The highest BCUT2D eigenvalue weighted by atomic mass is 14.4.